The van der Waals surface area contributed by atoms with Crippen LogP contribution in [0, 0.1) is 5.92 Å². The van der Waals surface area contributed by atoms with Gasteiger partial charge < -0.3 is 15.5 Å². The van der Waals surface area contributed by atoms with Crippen LogP contribution in [0.3, 0.4) is 0 Å². The first-order chi connectivity index (χ1) is 11.5. The lowest BCUT2D eigenvalue weighted by Gasteiger charge is -2.20. The van der Waals surface area contributed by atoms with E-state index < -0.39 is 0 Å². The highest BCUT2D eigenvalue weighted by atomic mass is 127. The molecule has 0 radical (unpaired) electrons. The minimum atomic E-state index is 0. The zero-order valence-electron chi connectivity index (χ0n) is 15.0. The topological polar surface area (TPSA) is 56.7 Å². The zero-order chi connectivity index (χ0) is 17.5. The van der Waals surface area contributed by atoms with E-state index in [1.54, 1.807) is 11.3 Å². The number of likely N-dealkylation sites (tertiary alicyclic amines) is 1. The van der Waals surface area contributed by atoms with Crippen molar-refractivity contribution in [2.24, 2.45) is 10.9 Å². The van der Waals surface area contributed by atoms with E-state index in [9.17, 15) is 4.79 Å². The fourth-order valence-electron chi connectivity index (χ4n) is 2.72. The summed E-state index contributed by atoms with van der Waals surface area (Å²) in [6, 6.07) is 4.24. The molecule has 1 saturated heterocycles. The highest BCUT2D eigenvalue weighted by molar-refractivity contribution is 14.0. The first-order valence-corrected chi connectivity index (χ1v) is 9.77. The van der Waals surface area contributed by atoms with Gasteiger partial charge in [0.1, 0.15) is 0 Å². The number of amides is 1. The maximum Gasteiger partial charge on any atom is 0.225 e. The monoisotopic (exact) mass is 498 g/mol. The number of aliphatic imine (C=N–C) groups is 1. The van der Waals surface area contributed by atoms with Gasteiger partial charge in [0.25, 0.3) is 0 Å². The molecule has 8 heteroatoms. The molecule has 1 atom stereocenters. The molecule has 1 aromatic heterocycles. The van der Waals surface area contributed by atoms with Crippen LogP contribution in [0.2, 0.25) is 4.34 Å². The summed E-state index contributed by atoms with van der Waals surface area (Å²) in [6.45, 7) is 9.06. The number of carbonyl (C=O) groups excluding carboxylic acids is 1. The maximum atomic E-state index is 12.1. The van der Waals surface area contributed by atoms with Gasteiger partial charge in [0, 0.05) is 49.4 Å². The van der Waals surface area contributed by atoms with Gasteiger partial charge in [-0.15, -0.1) is 35.3 Å². The predicted molar refractivity (Wildman–Crippen MR) is 117 cm³/mol. The average Bonchev–Trinajstić information content (AvgIpc) is 3.16. The van der Waals surface area contributed by atoms with Crippen molar-refractivity contribution in [2.75, 3.05) is 26.2 Å². The number of hydrogen-bond acceptors (Lipinski definition) is 3. The third-order valence-corrected chi connectivity index (χ3v) is 5.23. The van der Waals surface area contributed by atoms with Crippen LogP contribution < -0.4 is 10.6 Å². The van der Waals surface area contributed by atoms with E-state index in [0.717, 1.165) is 42.8 Å². The summed E-state index contributed by atoms with van der Waals surface area (Å²) < 4.78 is 0.819. The van der Waals surface area contributed by atoms with Gasteiger partial charge in [-0.2, -0.15) is 0 Å². The molecule has 2 rings (SSSR count). The lowest BCUT2D eigenvalue weighted by molar-refractivity contribution is -0.133. The van der Waals surface area contributed by atoms with E-state index in [2.05, 4.69) is 28.6 Å². The Balaban J connectivity index is 0.00000312. The molecule has 5 nitrogen and oxygen atoms in total. The second-order valence-electron chi connectivity index (χ2n) is 6.29. The first-order valence-electron chi connectivity index (χ1n) is 8.57. The molecule has 2 heterocycles. The van der Waals surface area contributed by atoms with Gasteiger partial charge in [-0.1, -0.05) is 25.4 Å². The molecule has 1 aliphatic rings. The molecular formula is C17H28ClIN4OS. The van der Waals surface area contributed by atoms with E-state index in [0.29, 0.717) is 6.54 Å². The Labute approximate surface area is 176 Å². The normalized spacial score (nSPS) is 17.6. The fraction of sp³-hybridized carbons (Fsp3) is 0.647. The van der Waals surface area contributed by atoms with Gasteiger partial charge in [0.2, 0.25) is 5.91 Å². The number of guanidine groups is 1. The van der Waals surface area contributed by atoms with Crippen LogP contribution in [-0.4, -0.2) is 49.0 Å². The maximum absolute atomic E-state index is 12.1. The van der Waals surface area contributed by atoms with Crippen molar-refractivity contribution in [3.05, 3.63) is 21.3 Å². The lowest BCUT2D eigenvalue weighted by Crippen LogP contribution is -2.45. The number of nitrogens with one attached hydrogen (secondary N) is 2. The van der Waals surface area contributed by atoms with Crippen LogP contribution >= 0.6 is 46.9 Å². The van der Waals surface area contributed by atoms with E-state index >= 15 is 0 Å². The number of halogens is 2. The Morgan fingerprint density at radius 2 is 2.24 bits per heavy atom. The molecule has 0 saturated carbocycles. The molecule has 1 fully saturated rings. The van der Waals surface area contributed by atoms with Gasteiger partial charge in [-0.3, -0.25) is 9.79 Å². The first kappa shape index (κ1) is 22.5. The van der Waals surface area contributed by atoms with Crippen LogP contribution in [0.4, 0.5) is 0 Å². The molecule has 1 aliphatic heterocycles. The summed E-state index contributed by atoms with van der Waals surface area (Å²) in [5.41, 5.74) is 0. The van der Waals surface area contributed by atoms with Gasteiger partial charge in [0.05, 0.1) is 4.34 Å². The Morgan fingerprint density at radius 1 is 1.48 bits per heavy atom. The Hall–Kier alpha value is -0.540. The van der Waals surface area contributed by atoms with Crippen molar-refractivity contribution in [3.63, 3.8) is 0 Å². The second kappa shape index (κ2) is 11.2. The molecular weight excluding hydrogens is 471 g/mol. The van der Waals surface area contributed by atoms with Crippen LogP contribution in [-0.2, 0) is 11.2 Å². The van der Waals surface area contributed by atoms with Crippen molar-refractivity contribution in [1.82, 2.24) is 15.5 Å². The van der Waals surface area contributed by atoms with Gasteiger partial charge in [-0.25, -0.2) is 0 Å². The molecule has 25 heavy (non-hydrogen) atoms. The summed E-state index contributed by atoms with van der Waals surface area (Å²) in [7, 11) is 0. The van der Waals surface area contributed by atoms with Gasteiger partial charge in [0.15, 0.2) is 5.96 Å². The minimum Gasteiger partial charge on any atom is -0.357 e. The highest BCUT2D eigenvalue weighted by Crippen LogP contribution is 2.21. The van der Waals surface area contributed by atoms with Crippen LogP contribution in [0.25, 0.3) is 0 Å². The highest BCUT2D eigenvalue weighted by Gasteiger charge is 2.27. The Bertz CT molecular complexity index is 579. The van der Waals surface area contributed by atoms with Gasteiger partial charge in [-0.05, 0) is 25.5 Å². The van der Waals surface area contributed by atoms with E-state index in [-0.39, 0.29) is 41.8 Å². The Morgan fingerprint density at radius 3 is 2.84 bits per heavy atom. The third-order valence-electron chi connectivity index (χ3n) is 3.94. The molecule has 0 aromatic carbocycles. The standard InChI is InChI=1S/C17H27ClN4OS.HI/c1-4-19-17(20-9-7-14-5-6-15(18)24-14)21-13-8-10-22(11-13)16(23)12(2)3;/h5-6,12-13H,4,7-11H2,1-3H3,(H2,19,20,21);1H. The molecule has 2 N–H and O–H groups in total. The third kappa shape index (κ3) is 7.30. The van der Waals surface area contributed by atoms with Crippen molar-refractivity contribution in [2.45, 2.75) is 39.7 Å². The number of thiophene rings is 1. The van der Waals surface area contributed by atoms with Crippen molar-refractivity contribution in [1.29, 1.82) is 0 Å². The SMILES string of the molecule is CCNC(=NCCc1ccc(Cl)s1)NC1CCN(C(=O)C(C)C)C1.I. The molecule has 1 amide bonds. The lowest BCUT2D eigenvalue weighted by atomic mass is 10.2. The second-order valence-corrected chi connectivity index (χ2v) is 8.09. The van der Waals surface area contributed by atoms with E-state index in [1.165, 1.54) is 4.88 Å². The van der Waals surface area contributed by atoms with Crippen LogP contribution in [0.1, 0.15) is 32.1 Å². The molecule has 0 aliphatic carbocycles. The number of carbonyl (C=O) groups is 1. The minimum absolute atomic E-state index is 0. The molecule has 0 bridgehead atoms. The molecule has 1 aromatic rings. The van der Waals surface area contributed by atoms with Crippen molar-refractivity contribution >= 4 is 58.8 Å². The number of hydrogen-bond donors (Lipinski definition) is 2. The summed E-state index contributed by atoms with van der Waals surface area (Å²) in [5.74, 6) is 1.11. The van der Waals surface area contributed by atoms with E-state index in [1.807, 2.05) is 24.8 Å². The zero-order valence-corrected chi connectivity index (χ0v) is 19.0. The number of rotatable bonds is 6. The fourth-order valence-corrected chi connectivity index (χ4v) is 3.80. The quantitative estimate of drug-likeness (QED) is 0.359. The van der Waals surface area contributed by atoms with Crippen LogP contribution in [0.15, 0.2) is 17.1 Å². The number of nitrogens with zero attached hydrogens (tertiary/aromatic N) is 2. The van der Waals surface area contributed by atoms with E-state index in [4.69, 9.17) is 11.6 Å². The summed E-state index contributed by atoms with van der Waals surface area (Å²) in [5, 5.41) is 6.74. The largest absolute Gasteiger partial charge is 0.357 e. The summed E-state index contributed by atoms with van der Waals surface area (Å²) in [6.07, 6.45) is 1.85. The molecule has 142 valence electrons. The molecule has 1 unspecified atom stereocenters. The van der Waals surface area contributed by atoms with Crippen molar-refractivity contribution < 1.29 is 4.79 Å². The predicted octanol–water partition coefficient (Wildman–Crippen LogP) is 3.37. The summed E-state index contributed by atoms with van der Waals surface area (Å²) >= 11 is 7.56. The van der Waals surface area contributed by atoms with Gasteiger partial charge >= 0.3 is 0 Å². The smallest absolute Gasteiger partial charge is 0.225 e. The van der Waals surface area contributed by atoms with Crippen molar-refractivity contribution in [3.8, 4) is 0 Å². The summed E-state index contributed by atoms with van der Waals surface area (Å²) in [4.78, 5) is 19.9. The average molecular weight is 499 g/mol. The van der Waals surface area contributed by atoms with Crippen LogP contribution in [0.5, 0.6) is 0 Å². The molecule has 0 spiro atoms. The Kier molecular flexibility index (Phi) is 10.1.